The van der Waals surface area contributed by atoms with Crippen molar-refractivity contribution in [3.63, 3.8) is 0 Å². The smallest absolute Gasteiger partial charge is 0.256 e. The van der Waals surface area contributed by atoms with Gasteiger partial charge in [-0.25, -0.2) is 0 Å². The van der Waals surface area contributed by atoms with Gasteiger partial charge in [0.2, 0.25) is 0 Å². The number of benzene rings is 6. The van der Waals surface area contributed by atoms with Crippen LogP contribution in [0.25, 0.3) is 10.8 Å². The van der Waals surface area contributed by atoms with E-state index in [-0.39, 0.29) is 33.0 Å². The zero-order valence-corrected chi connectivity index (χ0v) is 28.7. The molecule has 0 aliphatic heterocycles. The van der Waals surface area contributed by atoms with Gasteiger partial charge in [0, 0.05) is 75.9 Å². The Kier molecular flexibility index (Phi) is 10.4. The van der Waals surface area contributed by atoms with Gasteiger partial charge in [0.1, 0.15) is 0 Å². The molecule has 0 atom stereocenters. The molecular weight excluding hydrogens is 718 g/mol. The largest absolute Gasteiger partial charge is 0.322 e. The second-order valence-corrected chi connectivity index (χ2v) is 12.7. The molecule has 0 spiro atoms. The van der Waals surface area contributed by atoms with Gasteiger partial charge in [0.15, 0.2) is 0 Å². The van der Waals surface area contributed by atoms with E-state index in [1.807, 2.05) is 0 Å². The van der Waals surface area contributed by atoms with Gasteiger partial charge in [-0.3, -0.25) is 19.2 Å². The van der Waals surface area contributed by atoms with Crippen molar-refractivity contribution in [2.24, 2.45) is 0 Å². The molecule has 6 rings (SSSR count). The van der Waals surface area contributed by atoms with Crippen LogP contribution in [0.1, 0.15) is 41.4 Å². The molecule has 4 amide bonds. The molecule has 0 bridgehead atoms. The molecule has 0 fully saturated rings. The number of halogens is 4. The first-order chi connectivity index (χ1) is 24.0. The topological polar surface area (TPSA) is 116 Å². The fourth-order valence-electron chi connectivity index (χ4n) is 5.18. The van der Waals surface area contributed by atoms with Crippen molar-refractivity contribution in [2.75, 3.05) is 21.3 Å². The van der Waals surface area contributed by atoms with E-state index in [1.54, 1.807) is 97.1 Å². The summed E-state index contributed by atoms with van der Waals surface area (Å²) in [4.78, 5) is 55.9. The van der Waals surface area contributed by atoms with Gasteiger partial charge in [-0.2, -0.15) is 0 Å². The maximum absolute atomic E-state index is 14.0. The van der Waals surface area contributed by atoms with Gasteiger partial charge in [-0.05, 0) is 121 Å². The predicted molar refractivity (Wildman–Crippen MR) is 202 cm³/mol. The molecule has 6 aromatic carbocycles. The van der Waals surface area contributed by atoms with Crippen molar-refractivity contribution in [3.8, 4) is 0 Å². The number of carbonyl (C=O) groups excluding carboxylic acids is 4. The minimum Gasteiger partial charge on any atom is -0.322 e. The number of fused-ring (bicyclic) bond motifs is 1. The van der Waals surface area contributed by atoms with Crippen LogP contribution in [0.15, 0.2) is 121 Å². The summed E-state index contributed by atoms with van der Waals surface area (Å²) in [5.74, 6) is -2.40. The van der Waals surface area contributed by atoms with Gasteiger partial charge in [0.05, 0.1) is 0 Å². The normalized spacial score (nSPS) is 10.7. The molecule has 248 valence electrons. The molecule has 0 aliphatic carbocycles. The second-order valence-electron chi connectivity index (χ2n) is 10.9. The van der Waals surface area contributed by atoms with Crippen LogP contribution in [0.4, 0.5) is 22.7 Å². The first-order valence-electron chi connectivity index (χ1n) is 14.9. The summed E-state index contributed by atoms with van der Waals surface area (Å²) < 4.78 is 0. The van der Waals surface area contributed by atoms with Crippen LogP contribution in [0.2, 0.25) is 20.1 Å². The van der Waals surface area contributed by atoms with Crippen molar-refractivity contribution in [3.05, 3.63) is 164 Å². The predicted octanol–water partition coefficient (Wildman–Crippen LogP) is 10.5. The third kappa shape index (κ3) is 7.91. The summed E-state index contributed by atoms with van der Waals surface area (Å²) in [7, 11) is 0. The molecule has 0 saturated heterocycles. The van der Waals surface area contributed by atoms with E-state index in [4.69, 9.17) is 46.4 Å². The van der Waals surface area contributed by atoms with Crippen LogP contribution < -0.4 is 21.3 Å². The number of anilines is 4. The Morgan fingerprint density at radius 1 is 0.300 bits per heavy atom. The molecule has 50 heavy (non-hydrogen) atoms. The third-order valence-corrected chi connectivity index (χ3v) is 8.56. The number of rotatable bonds is 8. The first-order valence-corrected chi connectivity index (χ1v) is 16.4. The molecular formula is C38H24Cl4N4O4. The summed E-state index contributed by atoms with van der Waals surface area (Å²) in [5, 5.41) is 13.3. The van der Waals surface area contributed by atoms with Crippen LogP contribution in [-0.4, -0.2) is 23.6 Å². The molecule has 0 heterocycles. The quantitative estimate of drug-likeness (QED) is 0.124. The van der Waals surface area contributed by atoms with Crippen LogP contribution in [0, 0.1) is 0 Å². The lowest BCUT2D eigenvalue weighted by molar-refractivity contribution is 0.101. The van der Waals surface area contributed by atoms with Crippen molar-refractivity contribution in [1.82, 2.24) is 0 Å². The molecule has 6 aromatic rings. The number of nitrogens with one attached hydrogen (secondary N) is 4. The summed E-state index contributed by atoms with van der Waals surface area (Å²) in [6, 6.07) is 31.6. The van der Waals surface area contributed by atoms with E-state index in [9.17, 15) is 19.2 Å². The zero-order chi connectivity index (χ0) is 35.4. The van der Waals surface area contributed by atoms with Gasteiger partial charge in [0.25, 0.3) is 23.6 Å². The Bertz CT molecular complexity index is 1940. The SMILES string of the molecule is O=C(Nc1ccc(Cl)cc1)c1ccc(C(=O)Nc2ccc(Cl)cc2)c2c(C(=O)Nc3ccc(Cl)cc3)ccc(C(=O)Nc3ccc(Cl)cc3)c12. The van der Waals surface area contributed by atoms with Crippen LogP contribution in [0.5, 0.6) is 0 Å². The monoisotopic (exact) mass is 740 g/mol. The molecule has 0 aromatic heterocycles. The van der Waals surface area contributed by atoms with Gasteiger partial charge < -0.3 is 21.3 Å². The summed E-state index contributed by atoms with van der Waals surface area (Å²) >= 11 is 24.2. The van der Waals surface area contributed by atoms with Crippen molar-refractivity contribution in [2.45, 2.75) is 0 Å². The van der Waals surface area contributed by atoms with Crippen LogP contribution in [-0.2, 0) is 0 Å². The summed E-state index contributed by atoms with van der Waals surface area (Å²) in [5.41, 5.74) is 1.84. The highest BCUT2D eigenvalue weighted by Crippen LogP contribution is 2.33. The number of hydrogen-bond acceptors (Lipinski definition) is 4. The highest BCUT2D eigenvalue weighted by atomic mass is 35.5. The fraction of sp³-hybridized carbons (Fsp3) is 0. The Hall–Kier alpha value is -5.38. The lowest BCUT2D eigenvalue weighted by atomic mass is 9.90. The van der Waals surface area contributed by atoms with E-state index < -0.39 is 23.6 Å². The lowest BCUT2D eigenvalue weighted by Gasteiger charge is -2.18. The molecule has 0 aliphatic rings. The summed E-state index contributed by atoms with van der Waals surface area (Å²) in [6.07, 6.45) is 0. The first kappa shape index (κ1) is 34.5. The average Bonchev–Trinajstić information content (AvgIpc) is 3.11. The molecule has 8 nitrogen and oxygen atoms in total. The van der Waals surface area contributed by atoms with E-state index in [2.05, 4.69) is 21.3 Å². The lowest BCUT2D eigenvalue weighted by Crippen LogP contribution is -2.21. The van der Waals surface area contributed by atoms with E-state index in [1.165, 1.54) is 24.3 Å². The van der Waals surface area contributed by atoms with Crippen LogP contribution in [0.3, 0.4) is 0 Å². The number of carbonyl (C=O) groups is 4. The average molecular weight is 742 g/mol. The summed E-state index contributed by atoms with van der Waals surface area (Å²) in [6.45, 7) is 0. The molecule has 0 saturated carbocycles. The second kappa shape index (κ2) is 15.0. The molecule has 0 unspecified atom stereocenters. The fourth-order valence-corrected chi connectivity index (χ4v) is 5.68. The van der Waals surface area contributed by atoms with E-state index >= 15 is 0 Å². The maximum atomic E-state index is 14.0. The van der Waals surface area contributed by atoms with E-state index in [0.717, 1.165) is 0 Å². The van der Waals surface area contributed by atoms with Crippen molar-refractivity contribution >= 4 is 104 Å². The van der Waals surface area contributed by atoms with Crippen LogP contribution >= 0.6 is 46.4 Å². The van der Waals surface area contributed by atoms with Gasteiger partial charge in [-0.1, -0.05) is 46.4 Å². The Balaban J connectivity index is 1.55. The maximum Gasteiger partial charge on any atom is 0.256 e. The minimum absolute atomic E-state index is 0.0281. The highest BCUT2D eigenvalue weighted by Gasteiger charge is 2.26. The van der Waals surface area contributed by atoms with Gasteiger partial charge >= 0.3 is 0 Å². The number of hydrogen-bond donors (Lipinski definition) is 4. The van der Waals surface area contributed by atoms with Gasteiger partial charge in [-0.15, -0.1) is 0 Å². The Labute approximate surface area is 306 Å². The third-order valence-electron chi connectivity index (χ3n) is 7.55. The molecule has 4 N–H and O–H groups in total. The Morgan fingerprint density at radius 2 is 0.480 bits per heavy atom. The molecule has 0 radical (unpaired) electrons. The Morgan fingerprint density at radius 3 is 0.660 bits per heavy atom. The van der Waals surface area contributed by atoms with Crippen molar-refractivity contribution < 1.29 is 19.2 Å². The standard InChI is InChI=1S/C38H24Cl4N4O4/c39-21-1-9-25(10-2-21)43-35(47)29-17-18-31(37(49)45-27-13-5-23(41)6-14-27)34-32(38(50)46-28-15-7-24(42)8-16-28)20-19-30(33(29)34)36(48)44-26-11-3-22(40)4-12-26/h1-20H,(H,43,47)(H,44,48)(H,45,49)(H,46,50). The zero-order valence-electron chi connectivity index (χ0n) is 25.7. The highest BCUT2D eigenvalue weighted by molar-refractivity contribution is 6.32. The van der Waals surface area contributed by atoms with E-state index in [0.29, 0.717) is 42.8 Å². The number of amides is 4. The van der Waals surface area contributed by atoms with Crippen molar-refractivity contribution in [1.29, 1.82) is 0 Å². The minimum atomic E-state index is -0.599. The molecule has 12 heteroatoms.